The highest BCUT2D eigenvalue weighted by Gasteiger charge is 2.12. The Morgan fingerprint density at radius 2 is 1.76 bits per heavy atom. The monoisotopic (exact) mass is 299 g/mol. The number of hydrogen-bond acceptors (Lipinski definition) is 2. The van der Waals surface area contributed by atoms with Gasteiger partial charge in [-0.2, -0.15) is 0 Å². The number of carbonyl (C=O) groups excluding carboxylic acids is 1. The summed E-state index contributed by atoms with van der Waals surface area (Å²) in [5.41, 5.74) is 2.40. The first-order valence-corrected chi connectivity index (χ1v) is 8.21. The number of nitrogens with one attached hydrogen (secondary N) is 1. The summed E-state index contributed by atoms with van der Waals surface area (Å²) in [4.78, 5) is 13.2. The lowest BCUT2D eigenvalue weighted by Gasteiger charge is -2.17. The van der Waals surface area contributed by atoms with Gasteiger partial charge in [0.1, 0.15) is 0 Å². The van der Waals surface area contributed by atoms with Gasteiger partial charge in [0.15, 0.2) is 0 Å². The molecule has 2 aromatic carbocycles. The van der Waals surface area contributed by atoms with Crippen molar-refractivity contribution >= 4 is 17.7 Å². The molecule has 110 valence electrons. The maximum atomic E-state index is 12.1. The number of carbonyl (C=O) groups is 1. The van der Waals surface area contributed by atoms with Crippen LogP contribution in [-0.4, -0.2) is 11.7 Å². The average Bonchev–Trinajstić information content (AvgIpc) is 2.53. The molecule has 0 spiro atoms. The fourth-order valence-electron chi connectivity index (χ4n) is 2.13. The van der Waals surface area contributed by atoms with Crippen molar-refractivity contribution in [1.82, 2.24) is 5.32 Å². The first kappa shape index (κ1) is 15.6. The third-order valence-corrected chi connectivity index (χ3v) is 4.35. The fourth-order valence-corrected chi connectivity index (χ4v) is 2.84. The van der Waals surface area contributed by atoms with Gasteiger partial charge in [-0.05, 0) is 31.0 Å². The van der Waals surface area contributed by atoms with E-state index in [0.29, 0.717) is 5.75 Å². The molecule has 3 heteroatoms. The van der Waals surface area contributed by atoms with Crippen molar-refractivity contribution in [3.63, 3.8) is 0 Å². The van der Waals surface area contributed by atoms with E-state index in [2.05, 4.69) is 55.6 Å². The minimum absolute atomic E-state index is 0.0799. The Labute approximate surface area is 131 Å². The van der Waals surface area contributed by atoms with Gasteiger partial charge >= 0.3 is 0 Å². The van der Waals surface area contributed by atoms with E-state index in [0.717, 1.165) is 16.9 Å². The van der Waals surface area contributed by atoms with Gasteiger partial charge in [-0.25, -0.2) is 0 Å². The summed E-state index contributed by atoms with van der Waals surface area (Å²) in [6.07, 6.45) is 0.894. The fraction of sp³-hybridized carbons (Fsp3) is 0.278. The highest BCUT2D eigenvalue weighted by molar-refractivity contribution is 8.00. The minimum Gasteiger partial charge on any atom is -0.349 e. The molecule has 0 bridgehead atoms. The molecule has 0 fully saturated rings. The van der Waals surface area contributed by atoms with Gasteiger partial charge in [0, 0.05) is 4.90 Å². The standard InChI is InChI=1S/C18H21NOS/c1-3-17(15-7-5-4-6-8-15)19-18(20)13-21-16-11-9-14(2)10-12-16/h4-12,17H,3,13H2,1-2H3,(H,19,20). The molecule has 0 aliphatic rings. The van der Waals surface area contributed by atoms with Crippen molar-refractivity contribution < 1.29 is 4.79 Å². The van der Waals surface area contributed by atoms with E-state index in [9.17, 15) is 4.79 Å². The van der Waals surface area contributed by atoms with Gasteiger partial charge in [-0.15, -0.1) is 11.8 Å². The largest absolute Gasteiger partial charge is 0.349 e. The van der Waals surface area contributed by atoms with Gasteiger partial charge < -0.3 is 5.32 Å². The highest BCUT2D eigenvalue weighted by atomic mass is 32.2. The van der Waals surface area contributed by atoms with Crippen LogP contribution >= 0.6 is 11.8 Å². The van der Waals surface area contributed by atoms with Crippen LogP contribution in [-0.2, 0) is 4.79 Å². The first-order valence-electron chi connectivity index (χ1n) is 7.23. The number of benzene rings is 2. The third kappa shape index (κ3) is 4.94. The van der Waals surface area contributed by atoms with E-state index in [4.69, 9.17) is 0 Å². The molecule has 0 aliphatic heterocycles. The predicted octanol–water partition coefficient (Wildman–Crippen LogP) is 4.35. The number of amides is 1. The van der Waals surface area contributed by atoms with Gasteiger partial charge in [-0.3, -0.25) is 4.79 Å². The van der Waals surface area contributed by atoms with Crippen LogP contribution < -0.4 is 5.32 Å². The summed E-state index contributed by atoms with van der Waals surface area (Å²) in [5, 5.41) is 3.10. The van der Waals surface area contributed by atoms with Gasteiger partial charge in [0.25, 0.3) is 0 Å². The first-order chi connectivity index (χ1) is 10.2. The Hall–Kier alpha value is -1.74. The zero-order valence-electron chi connectivity index (χ0n) is 12.5. The molecule has 2 aromatic rings. The molecule has 0 aliphatic carbocycles. The molecule has 1 amide bonds. The summed E-state index contributed by atoms with van der Waals surface area (Å²) < 4.78 is 0. The SMILES string of the molecule is CCC(NC(=O)CSc1ccc(C)cc1)c1ccccc1. The summed E-state index contributed by atoms with van der Waals surface area (Å²) >= 11 is 1.57. The van der Waals surface area contributed by atoms with Crippen molar-refractivity contribution in [2.45, 2.75) is 31.2 Å². The van der Waals surface area contributed by atoms with Crippen molar-refractivity contribution in [3.05, 3.63) is 65.7 Å². The Kier molecular flexibility index (Phi) is 5.88. The van der Waals surface area contributed by atoms with Crippen LogP contribution in [0.1, 0.15) is 30.5 Å². The summed E-state index contributed by atoms with van der Waals surface area (Å²) in [6, 6.07) is 18.5. The maximum absolute atomic E-state index is 12.1. The van der Waals surface area contributed by atoms with Crippen LogP contribution in [0.25, 0.3) is 0 Å². The van der Waals surface area contributed by atoms with Crippen molar-refractivity contribution in [2.24, 2.45) is 0 Å². The molecule has 1 atom stereocenters. The van der Waals surface area contributed by atoms with Crippen LogP contribution in [0, 0.1) is 6.92 Å². The topological polar surface area (TPSA) is 29.1 Å². The van der Waals surface area contributed by atoms with Crippen molar-refractivity contribution in [2.75, 3.05) is 5.75 Å². The number of rotatable bonds is 6. The van der Waals surface area contributed by atoms with E-state index >= 15 is 0 Å². The van der Waals surface area contributed by atoms with Crippen molar-refractivity contribution in [1.29, 1.82) is 0 Å². The Morgan fingerprint density at radius 1 is 1.10 bits per heavy atom. The molecule has 2 rings (SSSR count). The van der Waals surface area contributed by atoms with Crippen LogP contribution in [0.2, 0.25) is 0 Å². The Bertz CT molecular complexity index is 566. The zero-order chi connectivity index (χ0) is 15.1. The molecule has 0 saturated carbocycles. The second-order valence-corrected chi connectivity index (χ2v) is 6.09. The lowest BCUT2D eigenvalue weighted by molar-refractivity contribution is -0.119. The third-order valence-electron chi connectivity index (χ3n) is 3.34. The van der Waals surface area contributed by atoms with Crippen LogP contribution in [0.15, 0.2) is 59.5 Å². The van der Waals surface area contributed by atoms with Gasteiger partial charge in [0.05, 0.1) is 11.8 Å². The maximum Gasteiger partial charge on any atom is 0.230 e. The minimum atomic E-state index is 0.0799. The molecule has 2 nitrogen and oxygen atoms in total. The predicted molar refractivity (Wildman–Crippen MR) is 89.5 cm³/mol. The normalized spacial score (nSPS) is 11.9. The highest BCUT2D eigenvalue weighted by Crippen LogP contribution is 2.20. The van der Waals surface area contributed by atoms with Crippen LogP contribution in [0.3, 0.4) is 0 Å². The van der Waals surface area contributed by atoms with Gasteiger partial charge in [0.2, 0.25) is 5.91 Å². The van der Waals surface area contributed by atoms with Gasteiger partial charge in [-0.1, -0.05) is 55.0 Å². The molecule has 0 heterocycles. The lowest BCUT2D eigenvalue weighted by Crippen LogP contribution is -2.29. The summed E-state index contributed by atoms with van der Waals surface area (Å²) in [7, 11) is 0. The molecular formula is C18H21NOS. The summed E-state index contributed by atoms with van der Waals surface area (Å²) in [6.45, 7) is 4.15. The molecule has 0 radical (unpaired) electrons. The number of thioether (sulfide) groups is 1. The average molecular weight is 299 g/mol. The van der Waals surface area contributed by atoms with Crippen molar-refractivity contribution in [3.8, 4) is 0 Å². The van der Waals surface area contributed by atoms with E-state index in [1.54, 1.807) is 11.8 Å². The lowest BCUT2D eigenvalue weighted by atomic mass is 10.0. The number of hydrogen-bond donors (Lipinski definition) is 1. The van der Waals surface area contributed by atoms with E-state index < -0.39 is 0 Å². The molecule has 1 N–H and O–H groups in total. The number of aryl methyl sites for hydroxylation is 1. The smallest absolute Gasteiger partial charge is 0.230 e. The van der Waals surface area contributed by atoms with Crippen LogP contribution in [0.5, 0.6) is 0 Å². The van der Waals surface area contributed by atoms with E-state index in [1.807, 2.05) is 18.2 Å². The summed E-state index contributed by atoms with van der Waals surface area (Å²) in [5.74, 6) is 0.531. The Balaban J connectivity index is 1.87. The second kappa shape index (κ2) is 7.89. The molecular weight excluding hydrogens is 278 g/mol. The van der Waals surface area contributed by atoms with Crippen LogP contribution in [0.4, 0.5) is 0 Å². The Morgan fingerprint density at radius 3 is 2.38 bits per heavy atom. The molecule has 1 unspecified atom stereocenters. The molecule has 21 heavy (non-hydrogen) atoms. The molecule has 0 aromatic heterocycles. The second-order valence-electron chi connectivity index (χ2n) is 5.04. The van der Waals surface area contributed by atoms with E-state index in [-0.39, 0.29) is 11.9 Å². The van der Waals surface area contributed by atoms with E-state index in [1.165, 1.54) is 5.56 Å². The quantitative estimate of drug-likeness (QED) is 0.803. The molecule has 0 saturated heterocycles. The zero-order valence-corrected chi connectivity index (χ0v) is 13.3.